The molecule has 2 aromatic heterocycles. The molecule has 0 aliphatic carbocycles. The van der Waals surface area contributed by atoms with Crippen LogP contribution in [0, 0.1) is 0 Å². The zero-order chi connectivity index (χ0) is 14.0. The molecule has 0 bridgehead atoms. The topological polar surface area (TPSA) is 33.4 Å². The summed E-state index contributed by atoms with van der Waals surface area (Å²) < 4.78 is 1.90. The van der Waals surface area contributed by atoms with Gasteiger partial charge in [-0.2, -0.15) is 5.10 Å². The number of halogens is 1. The molecular formula is C14H21ClN4. The quantitative estimate of drug-likeness (QED) is 0.807. The number of aromatic nitrogens is 3. The molecule has 0 unspecified atom stereocenters. The van der Waals surface area contributed by atoms with Gasteiger partial charge in [-0.3, -0.25) is 0 Å². The zero-order valence-electron chi connectivity index (χ0n) is 12.0. The van der Waals surface area contributed by atoms with Gasteiger partial charge < -0.3 is 4.90 Å². The third kappa shape index (κ3) is 2.84. The van der Waals surface area contributed by atoms with E-state index in [0.717, 1.165) is 30.1 Å². The monoisotopic (exact) mass is 280 g/mol. The number of hydrogen-bond donors (Lipinski definition) is 0. The Bertz CT molecular complexity index is 556. The van der Waals surface area contributed by atoms with Crippen molar-refractivity contribution < 1.29 is 0 Å². The van der Waals surface area contributed by atoms with Crippen LogP contribution in [0.3, 0.4) is 0 Å². The van der Waals surface area contributed by atoms with E-state index in [1.807, 2.05) is 10.7 Å². The smallest absolute Gasteiger partial charge is 0.154 e. The highest BCUT2D eigenvalue weighted by molar-refractivity contribution is 6.18. The van der Waals surface area contributed by atoms with E-state index in [4.69, 9.17) is 11.6 Å². The van der Waals surface area contributed by atoms with Crippen LogP contribution >= 0.6 is 11.6 Å². The van der Waals surface area contributed by atoms with Crippen molar-refractivity contribution in [2.24, 2.45) is 0 Å². The third-order valence-electron chi connectivity index (χ3n) is 3.17. The lowest BCUT2D eigenvalue weighted by Crippen LogP contribution is -2.26. The van der Waals surface area contributed by atoms with Crippen LogP contribution in [-0.2, 0) is 5.41 Å². The molecule has 2 heterocycles. The molecule has 104 valence electrons. The average Bonchev–Trinajstić information content (AvgIpc) is 2.79. The molecule has 0 aliphatic heterocycles. The first kappa shape index (κ1) is 14.1. The van der Waals surface area contributed by atoms with Gasteiger partial charge in [0.1, 0.15) is 5.52 Å². The van der Waals surface area contributed by atoms with Crippen LogP contribution in [0.4, 0.5) is 5.82 Å². The van der Waals surface area contributed by atoms with Gasteiger partial charge in [0.15, 0.2) is 5.82 Å². The Hall–Kier alpha value is -1.29. The second-order valence-electron chi connectivity index (χ2n) is 5.63. The normalized spacial score (nSPS) is 12.1. The van der Waals surface area contributed by atoms with E-state index >= 15 is 0 Å². The molecule has 0 saturated carbocycles. The molecule has 0 atom stereocenters. The van der Waals surface area contributed by atoms with Crippen molar-refractivity contribution >= 4 is 22.9 Å². The minimum Gasteiger partial charge on any atom is -0.354 e. The molecule has 4 nitrogen and oxygen atoms in total. The summed E-state index contributed by atoms with van der Waals surface area (Å²) >= 11 is 5.86. The Morgan fingerprint density at radius 1 is 1.37 bits per heavy atom. The lowest BCUT2D eigenvalue weighted by Gasteiger charge is -2.21. The van der Waals surface area contributed by atoms with Gasteiger partial charge in [-0.1, -0.05) is 20.8 Å². The molecule has 0 amide bonds. The summed E-state index contributed by atoms with van der Waals surface area (Å²) in [6.45, 7) is 10.3. The van der Waals surface area contributed by atoms with Crippen LogP contribution < -0.4 is 4.90 Å². The van der Waals surface area contributed by atoms with Crippen molar-refractivity contribution in [3.63, 3.8) is 0 Å². The predicted molar refractivity (Wildman–Crippen MR) is 80.3 cm³/mol. The van der Waals surface area contributed by atoms with Crippen molar-refractivity contribution in [1.29, 1.82) is 0 Å². The van der Waals surface area contributed by atoms with Gasteiger partial charge in [-0.15, -0.1) is 11.6 Å². The van der Waals surface area contributed by atoms with Crippen molar-refractivity contribution in [3.05, 3.63) is 24.2 Å². The lowest BCUT2D eigenvalue weighted by atomic mass is 9.92. The van der Waals surface area contributed by atoms with Gasteiger partial charge >= 0.3 is 0 Å². The lowest BCUT2D eigenvalue weighted by molar-refractivity contribution is 0.562. The van der Waals surface area contributed by atoms with Crippen LogP contribution in [-0.4, -0.2) is 33.6 Å². The number of nitrogens with zero attached hydrogens (tertiary/aromatic N) is 4. The Morgan fingerprint density at radius 3 is 2.68 bits per heavy atom. The molecule has 0 aliphatic rings. The van der Waals surface area contributed by atoms with E-state index in [1.165, 1.54) is 0 Å². The van der Waals surface area contributed by atoms with Gasteiger partial charge in [-0.05, 0) is 13.0 Å². The predicted octanol–water partition coefficient (Wildman–Crippen LogP) is 3.09. The van der Waals surface area contributed by atoms with E-state index in [1.54, 1.807) is 6.20 Å². The fraction of sp³-hybridized carbons (Fsp3) is 0.571. The van der Waals surface area contributed by atoms with Crippen molar-refractivity contribution in [1.82, 2.24) is 14.6 Å². The highest BCUT2D eigenvalue weighted by atomic mass is 35.5. The maximum Gasteiger partial charge on any atom is 0.154 e. The number of anilines is 1. The highest BCUT2D eigenvalue weighted by Gasteiger charge is 2.20. The third-order valence-corrected chi connectivity index (χ3v) is 3.34. The summed E-state index contributed by atoms with van der Waals surface area (Å²) in [5.74, 6) is 1.55. The first-order valence-corrected chi connectivity index (χ1v) is 7.16. The average molecular weight is 281 g/mol. The van der Waals surface area contributed by atoms with Gasteiger partial charge in [0.25, 0.3) is 0 Å². The maximum absolute atomic E-state index is 5.86. The molecule has 0 N–H and O–H groups in total. The minimum atomic E-state index is 0.0345. The summed E-state index contributed by atoms with van der Waals surface area (Å²) in [7, 11) is 0. The molecule has 0 fully saturated rings. The molecule has 0 spiro atoms. The number of rotatable bonds is 4. The van der Waals surface area contributed by atoms with E-state index in [0.29, 0.717) is 5.88 Å². The fourth-order valence-electron chi connectivity index (χ4n) is 2.03. The summed E-state index contributed by atoms with van der Waals surface area (Å²) in [4.78, 5) is 6.68. The van der Waals surface area contributed by atoms with E-state index < -0.39 is 0 Å². The molecule has 0 saturated heterocycles. The second kappa shape index (κ2) is 5.37. The van der Waals surface area contributed by atoms with Crippen molar-refractivity contribution in [3.8, 4) is 0 Å². The summed E-state index contributed by atoms with van der Waals surface area (Å²) in [6.07, 6.45) is 3.68. The minimum absolute atomic E-state index is 0.0345. The van der Waals surface area contributed by atoms with Crippen LogP contribution in [0.1, 0.15) is 33.4 Å². The number of hydrogen-bond acceptors (Lipinski definition) is 3. The van der Waals surface area contributed by atoms with Crippen LogP contribution in [0.15, 0.2) is 18.5 Å². The van der Waals surface area contributed by atoms with E-state index in [2.05, 4.69) is 48.7 Å². The SMILES string of the molecule is CCN(CCCl)c1nccn2nc(C(C)(C)C)cc12. The number of alkyl halides is 1. The fourth-order valence-corrected chi connectivity index (χ4v) is 2.24. The Labute approximate surface area is 119 Å². The van der Waals surface area contributed by atoms with E-state index in [9.17, 15) is 0 Å². The van der Waals surface area contributed by atoms with Gasteiger partial charge in [-0.25, -0.2) is 9.50 Å². The molecule has 19 heavy (non-hydrogen) atoms. The standard InChI is InChI=1S/C14H21ClN4/c1-5-18(8-6-15)13-11-10-12(14(2,3)4)17-19(11)9-7-16-13/h7,9-10H,5-6,8H2,1-4H3. The van der Waals surface area contributed by atoms with Gasteiger partial charge in [0.05, 0.1) is 5.69 Å². The summed E-state index contributed by atoms with van der Waals surface area (Å²) in [5.41, 5.74) is 2.15. The maximum atomic E-state index is 5.86. The molecule has 2 rings (SSSR count). The highest BCUT2D eigenvalue weighted by Crippen LogP contribution is 2.26. The van der Waals surface area contributed by atoms with E-state index in [-0.39, 0.29) is 5.41 Å². The van der Waals surface area contributed by atoms with Crippen molar-refractivity contribution in [2.75, 3.05) is 23.9 Å². The molecule has 0 aromatic carbocycles. The Morgan fingerprint density at radius 2 is 2.11 bits per heavy atom. The largest absolute Gasteiger partial charge is 0.354 e. The van der Waals surface area contributed by atoms with Gasteiger partial charge in [0.2, 0.25) is 0 Å². The Kier molecular flexibility index (Phi) is 3.99. The summed E-state index contributed by atoms with van der Waals surface area (Å²) in [5, 5.41) is 4.64. The first-order valence-electron chi connectivity index (χ1n) is 6.63. The summed E-state index contributed by atoms with van der Waals surface area (Å²) in [6, 6.07) is 2.12. The molecule has 5 heteroatoms. The van der Waals surface area contributed by atoms with Crippen LogP contribution in [0.2, 0.25) is 0 Å². The zero-order valence-corrected chi connectivity index (χ0v) is 12.8. The first-order chi connectivity index (χ1) is 8.97. The molecular weight excluding hydrogens is 260 g/mol. The van der Waals surface area contributed by atoms with Crippen molar-refractivity contribution in [2.45, 2.75) is 33.1 Å². The molecule has 2 aromatic rings. The molecule has 0 radical (unpaired) electrons. The van der Waals surface area contributed by atoms with Crippen LogP contribution in [0.5, 0.6) is 0 Å². The Balaban J connectivity index is 2.53. The number of fused-ring (bicyclic) bond motifs is 1. The van der Waals surface area contributed by atoms with Gasteiger partial charge in [0, 0.05) is 36.8 Å². The second-order valence-corrected chi connectivity index (χ2v) is 6.01. The van der Waals surface area contributed by atoms with Crippen LogP contribution in [0.25, 0.3) is 5.52 Å².